The molecular formula is C15H15N7O. The summed E-state index contributed by atoms with van der Waals surface area (Å²) in [5.74, 6) is -0.470. The van der Waals surface area contributed by atoms with Gasteiger partial charge in [0, 0.05) is 17.0 Å². The van der Waals surface area contributed by atoms with Crippen LogP contribution >= 0.6 is 0 Å². The zero-order valence-corrected chi connectivity index (χ0v) is 12.2. The van der Waals surface area contributed by atoms with Crippen molar-refractivity contribution in [2.45, 2.75) is 18.8 Å². The van der Waals surface area contributed by atoms with E-state index in [1.807, 2.05) is 18.2 Å². The van der Waals surface area contributed by atoms with Crippen LogP contribution in [-0.4, -0.2) is 31.8 Å². The molecule has 1 aliphatic carbocycles. The number of guanidine groups is 1. The normalized spacial score (nSPS) is 14.1. The van der Waals surface area contributed by atoms with Gasteiger partial charge in [0.2, 0.25) is 0 Å². The summed E-state index contributed by atoms with van der Waals surface area (Å²) in [6.07, 6.45) is 3.92. The molecule has 2 aromatic heterocycles. The highest BCUT2D eigenvalue weighted by atomic mass is 16.2. The van der Waals surface area contributed by atoms with Gasteiger partial charge in [-0.3, -0.25) is 20.6 Å². The van der Waals surface area contributed by atoms with Crippen LogP contribution < -0.4 is 11.1 Å². The van der Waals surface area contributed by atoms with Gasteiger partial charge >= 0.3 is 0 Å². The number of rotatable bonds is 3. The van der Waals surface area contributed by atoms with Crippen LogP contribution in [0.4, 0.5) is 0 Å². The number of para-hydroxylation sites is 1. The Morgan fingerprint density at radius 3 is 3.00 bits per heavy atom. The lowest BCUT2D eigenvalue weighted by molar-refractivity contribution is 0.0971. The third-order valence-corrected chi connectivity index (χ3v) is 3.90. The van der Waals surface area contributed by atoms with Crippen LogP contribution in [0.15, 0.2) is 30.5 Å². The third kappa shape index (κ3) is 2.33. The second-order valence-electron chi connectivity index (χ2n) is 5.62. The average molecular weight is 309 g/mol. The molecule has 0 bridgehead atoms. The Labute approximate surface area is 131 Å². The molecule has 2 heterocycles. The van der Waals surface area contributed by atoms with Gasteiger partial charge in [0.1, 0.15) is 0 Å². The number of aromatic amines is 1. The van der Waals surface area contributed by atoms with Crippen molar-refractivity contribution in [1.29, 1.82) is 5.41 Å². The number of nitrogens with one attached hydrogen (secondary N) is 3. The first kappa shape index (κ1) is 13.5. The molecular weight excluding hydrogens is 294 g/mol. The SMILES string of the molecule is N=C(N)NC(=O)c1cc(C2CC2)n(-c2cccc3cn[nH]c23)n1. The van der Waals surface area contributed by atoms with Crippen LogP contribution in [0.5, 0.6) is 0 Å². The van der Waals surface area contributed by atoms with Crippen molar-refractivity contribution in [2.24, 2.45) is 5.73 Å². The van der Waals surface area contributed by atoms with E-state index in [2.05, 4.69) is 20.6 Å². The van der Waals surface area contributed by atoms with Gasteiger partial charge in [0.25, 0.3) is 5.91 Å². The van der Waals surface area contributed by atoms with E-state index in [4.69, 9.17) is 11.1 Å². The van der Waals surface area contributed by atoms with Gasteiger partial charge in [-0.2, -0.15) is 10.2 Å². The second-order valence-corrected chi connectivity index (χ2v) is 5.62. The lowest BCUT2D eigenvalue weighted by Crippen LogP contribution is -2.35. The first-order valence-electron chi connectivity index (χ1n) is 7.31. The van der Waals surface area contributed by atoms with Crippen molar-refractivity contribution in [2.75, 3.05) is 0 Å². The second kappa shape index (κ2) is 4.94. The molecule has 3 aromatic rings. The van der Waals surface area contributed by atoms with Crippen LogP contribution in [0, 0.1) is 5.41 Å². The summed E-state index contributed by atoms with van der Waals surface area (Å²) >= 11 is 0. The summed E-state index contributed by atoms with van der Waals surface area (Å²) in [6.45, 7) is 0. The molecule has 0 radical (unpaired) electrons. The minimum absolute atomic E-state index is 0.249. The van der Waals surface area contributed by atoms with Crippen LogP contribution in [0.2, 0.25) is 0 Å². The van der Waals surface area contributed by atoms with E-state index < -0.39 is 11.9 Å². The number of amides is 1. The Morgan fingerprint density at radius 1 is 1.43 bits per heavy atom. The molecule has 1 amide bonds. The molecule has 4 rings (SSSR count). The molecule has 8 nitrogen and oxygen atoms in total. The standard InChI is InChI=1S/C15H15N7O/c16-15(17)19-14(23)10-6-12(8-4-5-8)22(21-10)11-3-1-2-9-7-18-20-13(9)11/h1-3,6-8H,4-5H2,(H,18,20)(H4,16,17,19,23). The average Bonchev–Trinajstić information content (AvgIpc) is 3.09. The van der Waals surface area contributed by atoms with Crippen LogP contribution in [0.25, 0.3) is 16.6 Å². The number of hydrogen-bond acceptors (Lipinski definition) is 4. The predicted octanol–water partition coefficient (Wildman–Crippen LogP) is 1.25. The molecule has 1 saturated carbocycles. The summed E-state index contributed by atoms with van der Waals surface area (Å²) in [6, 6.07) is 7.60. The minimum atomic E-state index is -0.477. The topological polar surface area (TPSA) is 125 Å². The van der Waals surface area contributed by atoms with E-state index in [9.17, 15) is 4.79 Å². The minimum Gasteiger partial charge on any atom is -0.370 e. The Bertz CT molecular complexity index is 919. The van der Waals surface area contributed by atoms with E-state index in [0.717, 1.165) is 35.1 Å². The number of nitrogens with zero attached hydrogens (tertiary/aromatic N) is 3. The molecule has 0 unspecified atom stereocenters. The highest BCUT2D eigenvalue weighted by Crippen LogP contribution is 2.41. The Morgan fingerprint density at radius 2 is 2.26 bits per heavy atom. The van der Waals surface area contributed by atoms with Gasteiger partial charge in [-0.05, 0) is 25.0 Å². The molecule has 1 fully saturated rings. The maximum Gasteiger partial charge on any atom is 0.278 e. The van der Waals surface area contributed by atoms with E-state index in [-0.39, 0.29) is 5.69 Å². The number of nitrogens with two attached hydrogens (primary N) is 1. The fourth-order valence-electron chi connectivity index (χ4n) is 2.69. The van der Waals surface area contributed by atoms with Gasteiger partial charge < -0.3 is 5.73 Å². The zero-order chi connectivity index (χ0) is 16.0. The summed E-state index contributed by atoms with van der Waals surface area (Å²) < 4.78 is 1.78. The molecule has 0 spiro atoms. The Kier molecular flexibility index (Phi) is 2.90. The van der Waals surface area contributed by atoms with E-state index in [1.165, 1.54) is 0 Å². The van der Waals surface area contributed by atoms with E-state index >= 15 is 0 Å². The fourth-order valence-corrected chi connectivity index (χ4v) is 2.69. The van der Waals surface area contributed by atoms with Gasteiger partial charge in [0.05, 0.1) is 17.4 Å². The van der Waals surface area contributed by atoms with Gasteiger partial charge in [-0.25, -0.2) is 4.68 Å². The molecule has 0 atom stereocenters. The summed E-state index contributed by atoms with van der Waals surface area (Å²) in [4.78, 5) is 12.1. The maximum atomic E-state index is 12.1. The van der Waals surface area contributed by atoms with Crippen molar-refractivity contribution in [3.05, 3.63) is 41.9 Å². The first-order valence-corrected chi connectivity index (χ1v) is 7.31. The molecule has 0 aliphatic heterocycles. The van der Waals surface area contributed by atoms with Crippen LogP contribution in [-0.2, 0) is 0 Å². The number of carbonyl (C=O) groups excluding carboxylic acids is 1. The number of H-pyrrole nitrogens is 1. The summed E-state index contributed by atoms with van der Waals surface area (Å²) in [5, 5.41) is 21.9. The van der Waals surface area contributed by atoms with Crippen LogP contribution in [0.1, 0.15) is 34.9 Å². The van der Waals surface area contributed by atoms with Crippen LogP contribution in [0.3, 0.4) is 0 Å². The number of benzene rings is 1. The fraction of sp³-hybridized carbons (Fsp3) is 0.200. The molecule has 0 saturated heterocycles. The van der Waals surface area contributed by atoms with E-state index in [0.29, 0.717) is 5.92 Å². The highest BCUT2D eigenvalue weighted by molar-refractivity contribution is 6.03. The number of aromatic nitrogens is 4. The lowest BCUT2D eigenvalue weighted by atomic mass is 10.2. The van der Waals surface area contributed by atoms with Crippen molar-refractivity contribution >= 4 is 22.8 Å². The monoisotopic (exact) mass is 309 g/mol. The summed E-state index contributed by atoms with van der Waals surface area (Å²) in [7, 11) is 0. The number of carbonyl (C=O) groups is 1. The molecule has 5 N–H and O–H groups in total. The lowest BCUT2D eigenvalue weighted by Gasteiger charge is -2.07. The number of fused-ring (bicyclic) bond motifs is 1. The Hall–Kier alpha value is -3.16. The summed E-state index contributed by atoms with van der Waals surface area (Å²) in [5.41, 5.74) is 8.18. The predicted molar refractivity (Wildman–Crippen MR) is 84.6 cm³/mol. The largest absolute Gasteiger partial charge is 0.370 e. The first-order chi connectivity index (χ1) is 11.1. The van der Waals surface area contributed by atoms with Gasteiger partial charge in [0.15, 0.2) is 11.7 Å². The molecule has 116 valence electrons. The van der Waals surface area contributed by atoms with Crippen molar-refractivity contribution in [3.63, 3.8) is 0 Å². The van der Waals surface area contributed by atoms with Crippen molar-refractivity contribution < 1.29 is 4.79 Å². The number of hydrogen-bond donors (Lipinski definition) is 4. The molecule has 8 heteroatoms. The van der Waals surface area contributed by atoms with Crippen molar-refractivity contribution in [1.82, 2.24) is 25.3 Å². The Balaban J connectivity index is 1.84. The molecule has 23 heavy (non-hydrogen) atoms. The molecule has 1 aliphatic rings. The smallest absolute Gasteiger partial charge is 0.278 e. The maximum absolute atomic E-state index is 12.1. The zero-order valence-electron chi connectivity index (χ0n) is 12.2. The molecule has 1 aromatic carbocycles. The van der Waals surface area contributed by atoms with Gasteiger partial charge in [-0.1, -0.05) is 12.1 Å². The van der Waals surface area contributed by atoms with Crippen molar-refractivity contribution in [3.8, 4) is 5.69 Å². The van der Waals surface area contributed by atoms with Gasteiger partial charge in [-0.15, -0.1) is 0 Å². The third-order valence-electron chi connectivity index (χ3n) is 3.90. The quantitative estimate of drug-likeness (QED) is 0.429. The van der Waals surface area contributed by atoms with E-state index in [1.54, 1.807) is 16.9 Å². The highest BCUT2D eigenvalue weighted by Gasteiger charge is 2.30.